The van der Waals surface area contributed by atoms with Gasteiger partial charge in [0.1, 0.15) is 12.4 Å². The number of fused-ring (bicyclic) bond motifs is 1. The maximum atomic E-state index is 11.7. The zero-order valence-corrected chi connectivity index (χ0v) is 11.3. The third-order valence-corrected chi connectivity index (χ3v) is 2.85. The third-order valence-electron chi connectivity index (χ3n) is 2.85. The molecule has 0 aliphatic rings. The van der Waals surface area contributed by atoms with Crippen LogP contribution in [0.25, 0.3) is 10.8 Å². The summed E-state index contributed by atoms with van der Waals surface area (Å²) in [5.74, 6) is 0.817. The van der Waals surface area contributed by atoms with Crippen LogP contribution < -0.4 is 10.1 Å². The van der Waals surface area contributed by atoms with Crippen LogP contribution in [0, 0.1) is 0 Å². The van der Waals surface area contributed by atoms with Gasteiger partial charge in [0, 0.05) is 11.4 Å². The van der Waals surface area contributed by atoms with Crippen LogP contribution in [0.5, 0.6) is 5.75 Å². The van der Waals surface area contributed by atoms with Crippen LogP contribution >= 0.6 is 0 Å². The highest BCUT2D eigenvalue weighted by atomic mass is 16.5. The van der Waals surface area contributed by atoms with Crippen molar-refractivity contribution in [3.63, 3.8) is 0 Å². The zero-order chi connectivity index (χ0) is 13.7. The van der Waals surface area contributed by atoms with Crippen LogP contribution in [0.4, 0.5) is 0 Å². The topological polar surface area (TPSA) is 38.3 Å². The highest BCUT2D eigenvalue weighted by Crippen LogP contribution is 2.24. The summed E-state index contributed by atoms with van der Waals surface area (Å²) in [6, 6.07) is 14.2. The van der Waals surface area contributed by atoms with Crippen molar-refractivity contribution in [3.05, 3.63) is 42.5 Å². The second kappa shape index (κ2) is 6.34. The Morgan fingerprint density at radius 2 is 1.89 bits per heavy atom. The first-order valence-electron chi connectivity index (χ1n) is 6.52. The van der Waals surface area contributed by atoms with E-state index in [9.17, 15) is 4.79 Å². The van der Waals surface area contributed by atoms with Crippen LogP contribution in [0.15, 0.2) is 42.5 Å². The molecular formula is C16H19NO2. The van der Waals surface area contributed by atoms with E-state index < -0.39 is 0 Å². The van der Waals surface area contributed by atoms with E-state index in [0.29, 0.717) is 12.6 Å². The van der Waals surface area contributed by atoms with Crippen LogP contribution in [-0.2, 0) is 4.79 Å². The summed E-state index contributed by atoms with van der Waals surface area (Å²) < 4.78 is 5.62. The second-order valence-electron chi connectivity index (χ2n) is 4.84. The Bertz CT molecular complexity index is 558. The lowest BCUT2D eigenvalue weighted by Gasteiger charge is -2.10. The van der Waals surface area contributed by atoms with Gasteiger partial charge in [-0.3, -0.25) is 4.79 Å². The fourth-order valence-electron chi connectivity index (χ4n) is 1.85. The van der Waals surface area contributed by atoms with Crippen molar-refractivity contribution < 1.29 is 9.53 Å². The smallest absolute Gasteiger partial charge is 0.183 e. The lowest BCUT2D eigenvalue weighted by atomic mass is 10.1. The number of hydrogen-bond donors (Lipinski definition) is 1. The Labute approximate surface area is 113 Å². The van der Waals surface area contributed by atoms with Gasteiger partial charge in [0.05, 0.1) is 6.54 Å². The molecule has 0 amide bonds. The number of Topliss-reactive ketones (excluding diaryl/α,β-unsaturated/α-hetero) is 1. The normalized spacial score (nSPS) is 10.9. The molecule has 0 spiro atoms. The molecule has 0 atom stereocenters. The van der Waals surface area contributed by atoms with Crippen molar-refractivity contribution in [1.29, 1.82) is 0 Å². The molecule has 2 aromatic rings. The number of ketones is 1. The molecule has 0 bridgehead atoms. The van der Waals surface area contributed by atoms with E-state index >= 15 is 0 Å². The van der Waals surface area contributed by atoms with Crippen molar-refractivity contribution >= 4 is 16.6 Å². The number of carbonyl (C=O) groups excluding carboxylic acids is 1. The fourth-order valence-corrected chi connectivity index (χ4v) is 1.85. The van der Waals surface area contributed by atoms with Gasteiger partial charge in [0.25, 0.3) is 0 Å². The Morgan fingerprint density at radius 1 is 1.16 bits per heavy atom. The Balaban J connectivity index is 2.00. The maximum Gasteiger partial charge on any atom is 0.183 e. The molecule has 0 fully saturated rings. The molecule has 0 aromatic heterocycles. The monoisotopic (exact) mass is 257 g/mol. The number of nitrogens with one attached hydrogen (secondary N) is 1. The molecule has 0 saturated carbocycles. The summed E-state index contributed by atoms with van der Waals surface area (Å²) >= 11 is 0. The van der Waals surface area contributed by atoms with Crippen molar-refractivity contribution in [2.75, 3.05) is 13.2 Å². The molecule has 19 heavy (non-hydrogen) atoms. The van der Waals surface area contributed by atoms with Gasteiger partial charge in [-0.2, -0.15) is 0 Å². The van der Waals surface area contributed by atoms with E-state index in [1.807, 2.05) is 56.3 Å². The van der Waals surface area contributed by atoms with Gasteiger partial charge in [-0.05, 0) is 11.5 Å². The molecule has 3 nitrogen and oxygen atoms in total. The summed E-state index contributed by atoms with van der Waals surface area (Å²) in [4.78, 5) is 11.7. The van der Waals surface area contributed by atoms with Gasteiger partial charge < -0.3 is 10.1 Å². The van der Waals surface area contributed by atoms with Crippen LogP contribution in [-0.4, -0.2) is 25.0 Å². The van der Waals surface area contributed by atoms with Gasteiger partial charge in [-0.1, -0.05) is 50.2 Å². The van der Waals surface area contributed by atoms with E-state index in [1.165, 1.54) is 0 Å². The molecular weight excluding hydrogens is 238 g/mol. The van der Waals surface area contributed by atoms with E-state index in [1.54, 1.807) is 0 Å². The molecule has 0 heterocycles. The zero-order valence-electron chi connectivity index (χ0n) is 11.3. The summed E-state index contributed by atoms with van der Waals surface area (Å²) in [7, 11) is 0. The van der Waals surface area contributed by atoms with Crippen molar-refractivity contribution in [1.82, 2.24) is 5.32 Å². The molecule has 100 valence electrons. The Morgan fingerprint density at radius 3 is 2.68 bits per heavy atom. The maximum absolute atomic E-state index is 11.7. The summed E-state index contributed by atoms with van der Waals surface area (Å²) in [6.45, 7) is 4.48. The van der Waals surface area contributed by atoms with Gasteiger partial charge in [-0.25, -0.2) is 0 Å². The predicted octanol–water partition coefficient (Wildman–Crippen LogP) is 2.79. The molecule has 0 radical (unpaired) electrons. The highest BCUT2D eigenvalue weighted by molar-refractivity contribution is 5.89. The number of carbonyl (C=O) groups is 1. The molecule has 0 unspecified atom stereocenters. The van der Waals surface area contributed by atoms with Crippen molar-refractivity contribution in [2.45, 2.75) is 19.9 Å². The average molecular weight is 257 g/mol. The summed E-state index contributed by atoms with van der Waals surface area (Å²) in [5, 5.41) is 5.24. The Kier molecular flexibility index (Phi) is 4.53. The van der Waals surface area contributed by atoms with E-state index in [4.69, 9.17) is 4.74 Å². The average Bonchev–Trinajstić information content (AvgIpc) is 2.42. The Hall–Kier alpha value is -1.87. The number of benzene rings is 2. The third kappa shape index (κ3) is 3.80. The summed E-state index contributed by atoms with van der Waals surface area (Å²) in [5.41, 5.74) is 0. The molecule has 0 aliphatic heterocycles. The second-order valence-corrected chi connectivity index (χ2v) is 4.84. The van der Waals surface area contributed by atoms with E-state index in [2.05, 4.69) is 5.32 Å². The van der Waals surface area contributed by atoms with Gasteiger partial charge in [0.2, 0.25) is 0 Å². The van der Waals surface area contributed by atoms with Crippen LogP contribution in [0.3, 0.4) is 0 Å². The molecule has 2 aromatic carbocycles. The number of hydrogen-bond acceptors (Lipinski definition) is 3. The largest absolute Gasteiger partial charge is 0.485 e. The standard InChI is InChI=1S/C16H19NO2/c1-12(2)17-10-14(18)11-19-16-9-5-7-13-6-3-4-8-15(13)16/h3-9,12,17H,10-11H2,1-2H3. The molecule has 2 rings (SSSR count). The first-order chi connectivity index (χ1) is 9.16. The predicted molar refractivity (Wildman–Crippen MR) is 77.6 cm³/mol. The van der Waals surface area contributed by atoms with E-state index in [-0.39, 0.29) is 12.4 Å². The SMILES string of the molecule is CC(C)NCC(=O)COc1cccc2ccccc12. The molecule has 3 heteroatoms. The minimum Gasteiger partial charge on any atom is -0.485 e. The first-order valence-corrected chi connectivity index (χ1v) is 6.52. The van der Waals surface area contributed by atoms with Crippen LogP contribution in [0.1, 0.15) is 13.8 Å². The highest BCUT2D eigenvalue weighted by Gasteiger charge is 2.06. The van der Waals surface area contributed by atoms with Crippen molar-refractivity contribution in [3.8, 4) is 5.75 Å². The number of rotatable bonds is 6. The quantitative estimate of drug-likeness (QED) is 0.864. The van der Waals surface area contributed by atoms with Gasteiger partial charge in [0.15, 0.2) is 5.78 Å². The van der Waals surface area contributed by atoms with Crippen LogP contribution in [0.2, 0.25) is 0 Å². The minimum atomic E-state index is 0.0571. The lowest BCUT2D eigenvalue weighted by molar-refractivity contribution is -0.120. The van der Waals surface area contributed by atoms with E-state index in [0.717, 1.165) is 16.5 Å². The molecule has 0 saturated heterocycles. The van der Waals surface area contributed by atoms with Gasteiger partial charge >= 0.3 is 0 Å². The fraction of sp³-hybridized carbons (Fsp3) is 0.312. The molecule has 1 N–H and O–H groups in total. The van der Waals surface area contributed by atoms with Crippen molar-refractivity contribution in [2.24, 2.45) is 0 Å². The summed E-state index contributed by atoms with van der Waals surface area (Å²) in [6.07, 6.45) is 0. The first kappa shape index (κ1) is 13.6. The van der Waals surface area contributed by atoms with Gasteiger partial charge in [-0.15, -0.1) is 0 Å². The number of ether oxygens (including phenoxy) is 1. The minimum absolute atomic E-state index is 0.0571. The molecule has 0 aliphatic carbocycles. The lowest BCUT2D eigenvalue weighted by Crippen LogP contribution is -2.31.